The van der Waals surface area contributed by atoms with Gasteiger partial charge in [-0.05, 0) is 78.8 Å². The van der Waals surface area contributed by atoms with Crippen molar-refractivity contribution in [3.05, 3.63) is 88.5 Å². The van der Waals surface area contributed by atoms with Crippen LogP contribution in [0.1, 0.15) is 36.8 Å². The summed E-state index contributed by atoms with van der Waals surface area (Å²) in [6.07, 6.45) is 2.66. The number of carbonyl (C=O) groups is 4. The summed E-state index contributed by atoms with van der Waals surface area (Å²) in [6.45, 7) is 3.88. The van der Waals surface area contributed by atoms with E-state index in [4.69, 9.17) is 16.7 Å². The van der Waals surface area contributed by atoms with Crippen LogP contribution in [0.5, 0.6) is 5.75 Å². The summed E-state index contributed by atoms with van der Waals surface area (Å²) in [5.74, 6) is -3.71. The third-order valence-electron chi connectivity index (χ3n) is 11.6. The number of nitrogens with one attached hydrogen (secondary N) is 1. The van der Waals surface area contributed by atoms with E-state index < -0.39 is 35.0 Å². The molecule has 3 aromatic carbocycles. The Morgan fingerprint density at radius 3 is 2.55 bits per heavy atom. The van der Waals surface area contributed by atoms with Crippen LogP contribution in [0.25, 0.3) is 31.4 Å². The molecule has 4 heterocycles. The number of aryl methyl sites for hydroxylation is 2. The van der Waals surface area contributed by atoms with Crippen LogP contribution >= 0.6 is 22.9 Å². The Morgan fingerprint density at radius 2 is 1.76 bits per heavy atom. The molecule has 4 aliphatic rings. The van der Waals surface area contributed by atoms with Crippen LogP contribution in [-0.2, 0) is 26.2 Å². The van der Waals surface area contributed by atoms with Gasteiger partial charge in [-0.1, -0.05) is 53.6 Å². The number of phenols is 1. The second kappa shape index (κ2) is 10.4. The van der Waals surface area contributed by atoms with Gasteiger partial charge in [0.25, 0.3) is 0 Å². The molecule has 9 rings (SSSR count). The number of halogens is 1. The van der Waals surface area contributed by atoms with Gasteiger partial charge in [0.2, 0.25) is 23.6 Å². The summed E-state index contributed by atoms with van der Waals surface area (Å²) in [4.78, 5) is 58.1. The van der Waals surface area contributed by atoms with Gasteiger partial charge < -0.3 is 5.11 Å². The molecule has 9 nitrogen and oxygen atoms in total. The highest BCUT2D eigenvalue weighted by Crippen LogP contribution is 2.64. The first-order valence-corrected chi connectivity index (χ1v) is 17.5. The summed E-state index contributed by atoms with van der Waals surface area (Å²) in [7, 11) is 1.73. The lowest BCUT2D eigenvalue weighted by atomic mass is 9.51. The highest BCUT2D eigenvalue weighted by molar-refractivity contribution is 7.22. The highest BCUT2D eigenvalue weighted by Gasteiger charge is 2.67. The van der Waals surface area contributed by atoms with Gasteiger partial charge >= 0.3 is 0 Å². The summed E-state index contributed by atoms with van der Waals surface area (Å²) in [5.41, 5.74) is 2.14. The van der Waals surface area contributed by atoms with E-state index in [1.807, 2.05) is 68.5 Å². The van der Waals surface area contributed by atoms with E-state index in [1.54, 1.807) is 35.2 Å². The average molecular weight is 691 g/mol. The molecule has 2 aliphatic heterocycles. The predicted octanol–water partition coefficient (Wildman–Crippen LogP) is 6.64. The molecule has 6 unspecified atom stereocenters. The fraction of sp³-hybridized carbons (Fsp3) is 0.289. The van der Waals surface area contributed by atoms with E-state index in [0.29, 0.717) is 28.3 Å². The molecule has 0 spiro atoms. The van der Waals surface area contributed by atoms with Crippen LogP contribution in [0.4, 0.5) is 5.82 Å². The molecule has 2 aromatic heterocycles. The zero-order chi connectivity index (χ0) is 34.1. The number of carbonyl (C=O) groups excluding carboxylic acids is 4. The molecule has 1 saturated carbocycles. The Bertz CT molecular complexity index is 2380. The topological polar surface area (TPSA) is 122 Å². The van der Waals surface area contributed by atoms with Crippen LogP contribution in [0.2, 0.25) is 5.02 Å². The zero-order valence-electron chi connectivity index (χ0n) is 26.9. The number of aromatic nitrogens is 2. The number of thiophene rings is 1. The molecule has 2 N–H and O–H groups in total. The Balaban J connectivity index is 1.21. The molecule has 6 atom stereocenters. The smallest absolute Gasteiger partial charge is 0.242 e. The second-order valence-corrected chi connectivity index (χ2v) is 15.4. The molecular formula is C38H31ClN4O5S. The first-order valence-electron chi connectivity index (χ1n) is 16.4. The number of anilines is 1. The van der Waals surface area contributed by atoms with Crippen molar-refractivity contribution in [1.29, 1.82) is 0 Å². The van der Waals surface area contributed by atoms with Crippen molar-refractivity contribution in [2.75, 3.05) is 4.90 Å². The minimum Gasteiger partial charge on any atom is -0.507 e. The molecule has 11 heteroatoms. The maximum atomic E-state index is 15.1. The number of hydrogen-bond acceptors (Lipinski definition) is 7. The number of nitrogens with zero attached hydrogens (tertiary/aromatic N) is 3. The number of aromatic hydroxyl groups is 1. The van der Waals surface area contributed by atoms with Crippen LogP contribution in [0.3, 0.4) is 0 Å². The Kier molecular flexibility index (Phi) is 6.40. The molecule has 246 valence electrons. The van der Waals surface area contributed by atoms with Gasteiger partial charge in [0.15, 0.2) is 0 Å². The fourth-order valence-corrected chi connectivity index (χ4v) is 10.6. The monoisotopic (exact) mass is 690 g/mol. The molecule has 5 aromatic rings. The molecule has 49 heavy (non-hydrogen) atoms. The maximum Gasteiger partial charge on any atom is 0.242 e. The van der Waals surface area contributed by atoms with Crippen molar-refractivity contribution in [1.82, 2.24) is 15.1 Å². The van der Waals surface area contributed by atoms with Crippen LogP contribution in [-0.4, -0.2) is 38.5 Å². The maximum absolute atomic E-state index is 15.1. The first-order chi connectivity index (χ1) is 23.5. The fourth-order valence-electron chi connectivity index (χ4n) is 9.26. The largest absolute Gasteiger partial charge is 0.507 e. The van der Waals surface area contributed by atoms with E-state index >= 15 is 4.79 Å². The van der Waals surface area contributed by atoms with E-state index in [9.17, 15) is 19.5 Å². The number of fused-ring (bicyclic) bond motifs is 6. The van der Waals surface area contributed by atoms with Crippen molar-refractivity contribution >= 4 is 73.2 Å². The van der Waals surface area contributed by atoms with Crippen LogP contribution in [0.15, 0.2) is 72.3 Å². The van der Waals surface area contributed by atoms with Gasteiger partial charge in [-0.15, -0.1) is 11.3 Å². The summed E-state index contributed by atoms with van der Waals surface area (Å²) in [5, 5.41) is 21.2. The number of benzene rings is 3. The van der Waals surface area contributed by atoms with E-state index in [-0.39, 0.29) is 35.8 Å². The van der Waals surface area contributed by atoms with Crippen molar-refractivity contribution < 1.29 is 24.3 Å². The van der Waals surface area contributed by atoms with E-state index in [2.05, 4.69) is 5.32 Å². The first kappa shape index (κ1) is 30.3. The summed E-state index contributed by atoms with van der Waals surface area (Å²) < 4.78 is 2.64. The van der Waals surface area contributed by atoms with Gasteiger partial charge in [-0.25, -0.2) is 4.90 Å². The third-order valence-corrected chi connectivity index (χ3v) is 13.1. The highest BCUT2D eigenvalue weighted by atomic mass is 35.5. The summed E-state index contributed by atoms with van der Waals surface area (Å²) >= 11 is 7.88. The normalized spacial score (nSPS) is 27.8. The van der Waals surface area contributed by atoms with Crippen molar-refractivity contribution in [2.45, 2.75) is 32.6 Å². The minimum absolute atomic E-state index is 0.114. The molecule has 2 aliphatic carbocycles. The number of allylic oxidation sites excluding steroid dienone is 2. The SMILES string of the molecule is Cc1c(-c2cc(N3C(=O)C4CC5C(=CCC6C(=O)NC(=O)C65)C(c5ccc(O)c6ccccc56)C4(C)C3=O)n(C)n2)sc2ccc(Cl)cc12. The van der Waals surface area contributed by atoms with Crippen molar-refractivity contribution in [3.8, 4) is 16.3 Å². The molecule has 3 fully saturated rings. The molecule has 4 amide bonds. The molecular weight excluding hydrogens is 660 g/mol. The average Bonchev–Trinajstić information content (AvgIpc) is 3.77. The van der Waals surface area contributed by atoms with Gasteiger partial charge in [-0.3, -0.25) is 29.2 Å². The van der Waals surface area contributed by atoms with E-state index in [1.165, 1.54) is 4.90 Å². The number of rotatable bonds is 3. The lowest BCUT2D eigenvalue weighted by molar-refractivity contribution is -0.131. The van der Waals surface area contributed by atoms with Gasteiger partial charge in [-0.2, -0.15) is 5.10 Å². The zero-order valence-corrected chi connectivity index (χ0v) is 28.4. The van der Waals surface area contributed by atoms with Crippen LogP contribution < -0.4 is 10.2 Å². The molecule has 2 saturated heterocycles. The second-order valence-electron chi connectivity index (χ2n) is 13.9. The lowest BCUT2D eigenvalue weighted by Gasteiger charge is -2.49. The number of amides is 4. The standard InChI is InChI=1S/C38H31ClN4O5S/c1-17-24-14-18(39)8-13-29(24)49-33(17)27-16-30(42(3)41-27)43-36(47)26-15-25-22(9-10-23-31(25)35(46)40-34(23)45)32(38(26,2)37(43)48)21-11-12-28(44)20-7-5-4-6-19(20)21/h4-9,11-14,16,23,25-26,31-32,44H,10,15H2,1-3H3,(H,40,45,46). The van der Waals surface area contributed by atoms with Crippen molar-refractivity contribution in [3.63, 3.8) is 0 Å². The molecule has 0 radical (unpaired) electrons. The Morgan fingerprint density at radius 1 is 0.980 bits per heavy atom. The number of hydrogen-bond donors (Lipinski definition) is 2. The van der Waals surface area contributed by atoms with Gasteiger partial charge in [0.1, 0.15) is 17.3 Å². The van der Waals surface area contributed by atoms with E-state index in [0.717, 1.165) is 37.0 Å². The number of imide groups is 2. The summed E-state index contributed by atoms with van der Waals surface area (Å²) in [6, 6.07) is 18.5. The lowest BCUT2D eigenvalue weighted by Crippen LogP contribution is -2.48. The van der Waals surface area contributed by atoms with Crippen LogP contribution in [0, 0.1) is 36.0 Å². The Labute approximate surface area is 290 Å². The van der Waals surface area contributed by atoms with Crippen molar-refractivity contribution in [2.24, 2.45) is 36.1 Å². The molecule has 0 bridgehead atoms. The van der Waals surface area contributed by atoms with Gasteiger partial charge in [0, 0.05) is 34.1 Å². The third kappa shape index (κ3) is 4.01. The Hall–Kier alpha value is -4.80. The van der Waals surface area contributed by atoms with Gasteiger partial charge in [0.05, 0.1) is 28.0 Å². The quantitative estimate of drug-likeness (QED) is 0.162. The predicted molar refractivity (Wildman–Crippen MR) is 187 cm³/mol. The number of phenolic OH excluding ortho intramolecular Hbond substituents is 1. The minimum atomic E-state index is -1.22.